The van der Waals surface area contributed by atoms with Gasteiger partial charge in [0.15, 0.2) is 6.29 Å². The molecule has 3 atom stereocenters. The molecule has 9 nitrogen and oxygen atoms in total. The van der Waals surface area contributed by atoms with Gasteiger partial charge in [-0.25, -0.2) is 9.59 Å². The number of rotatable bonds is 7. The van der Waals surface area contributed by atoms with E-state index in [1.807, 2.05) is 0 Å². The minimum Gasteiger partial charge on any atom is -0.790 e. The summed E-state index contributed by atoms with van der Waals surface area (Å²) in [5.41, 5.74) is 0.400. The van der Waals surface area contributed by atoms with Crippen molar-refractivity contribution < 1.29 is 42.7 Å². The van der Waals surface area contributed by atoms with Gasteiger partial charge in [0.05, 0.1) is 18.9 Å². The molecule has 12 heteroatoms. The van der Waals surface area contributed by atoms with Gasteiger partial charge in [-0.05, 0) is 48.5 Å². The number of carbonyl (C=O) groups is 2. The third-order valence-electron chi connectivity index (χ3n) is 4.21. The zero-order valence-corrected chi connectivity index (χ0v) is 18.0. The molecule has 2 aromatic carbocycles. The van der Waals surface area contributed by atoms with Gasteiger partial charge in [0, 0.05) is 16.5 Å². The first kappa shape index (κ1) is 23.7. The largest absolute Gasteiger partial charge is 0.790 e. The molecular weight excluding hydrogens is 474 g/mol. The van der Waals surface area contributed by atoms with Gasteiger partial charge in [-0.2, -0.15) is 0 Å². The van der Waals surface area contributed by atoms with Crippen molar-refractivity contribution in [2.75, 3.05) is 6.61 Å². The Labute approximate surface area is 187 Å². The fraction of sp³-hybridized carbons (Fsp3) is 0.263. The molecule has 1 heterocycles. The summed E-state index contributed by atoms with van der Waals surface area (Å²) in [7, 11) is -5.36. The lowest BCUT2D eigenvalue weighted by Gasteiger charge is -2.31. The van der Waals surface area contributed by atoms with E-state index in [9.17, 15) is 23.9 Å². The zero-order chi connectivity index (χ0) is 22.6. The minimum absolute atomic E-state index is 0.184. The number of esters is 2. The first-order chi connectivity index (χ1) is 14.6. The molecule has 0 saturated carbocycles. The lowest BCUT2D eigenvalue weighted by atomic mass is 10.1. The van der Waals surface area contributed by atoms with Gasteiger partial charge < -0.3 is 33.1 Å². The molecule has 0 radical (unpaired) electrons. The molecule has 31 heavy (non-hydrogen) atoms. The van der Waals surface area contributed by atoms with Crippen LogP contribution in [-0.2, 0) is 23.3 Å². The Morgan fingerprint density at radius 1 is 0.968 bits per heavy atom. The average molecular weight is 489 g/mol. The number of phosphoric ester groups is 1. The summed E-state index contributed by atoms with van der Waals surface area (Å²) in [6, 6.07) is 11.8. The molecule has 0 bridgehead atoms. The second-order valence-electron chi connectivity index (χ2n) is 6.45. The normalized spacial score (nSPS) is 21.0. The van der Waals surface area contributed by atoms with E-state index in [1.165, 1.54) is 48.5 Å². The van der Waals surface area contributed by atoms with E-state index < -0.39 is 38.3 Å². The van der Waals surface area contributed by atoms with Crippen LogP contribution < -0.4 is 9.79 Å². The standard InChI is InChI=1S/C19H17Cl2O9P/c20-13-5-1-11(2-6-13)18(22)27-10-16-15(9-17(28-16)30-31(24,25)26)29-19(23)12-3-7-14(21)8-4-12/h1-8,15-17H,9-10H2,(H2,24,25,26)/p-2/t15-,16+,17+/m0/s1. The molecule has 1 fully saturated rings. The SMILES string of the molecule is O=C(OC[C@H]1O[C@H](OP(=O)([O-])[O-])C[C@@H]1OC(=O)c1ccc(Cl)cc1)c1ccc(Cl)cc1. The van der Waals surface area contributed by atoms with Crippen LogP contribution in [0.5, 0.6) is 0 Å². The first-order valence-electron chi connectivity index (χ1n) is 8.86. The fourth-order valence-electron chi connectivity index (χ4n) is 2.78. The van der Waals surface area contributed by atoms with Crippen molar-refractivity contribution in [2.24, 2.45) is 0 Å². The molecule has 0 amide bonds. The maximum absolute atomic E-state index is 12.4. The highest BCUT2D eigenvalue weighted by atomic mass is 35.5. The van der Waals surface area contributed by atoms with Crippen LogP contribution in [0.3, 0.4) is 0 Å². The molecule has 3 rings (SSSR count). The summed E-state index contributed by atoms with van der Waals surface area (Å²) >= 11 is 11.6. The molecule has 0 aromatic heterocycles. The van der Waals surface area contributed by atoms with Crippen LogP contribution in [0.15, 0.2) is 48.5 Å². The molecule has 1 aliphatic rings. The van der Waals surface area contributed by atoms with E-state index in [0.717, 1.165) is 0 Å². The van der Waals surface area contributed by atoms with Gasteiger partial charge >= 0.3 is 11.9 Å². The van der Waals surface area contributed by atoms with Crippen molar-refractivity contribution in [3.63, 3.8) is 0 Å². The molecule has 1 saturated heterocycles. The second-order valence-corrected chi connectivity index (χ2v) is 8.43. The number of phosphoric acid groups is 1. The lowest BCUT2D eigenvalue weighted by molar-refractivity contribution is -0.352. The number of halogens is 2. The Morgan fingerprint density at radius 2 is 1.48 bits per heavy atom. The monoisotopic (exact) mass is 488 g/mol. The van der Waals surface area contributed by atoms with E-state index in [4.69, 9.17) is 37.4 Å². The fourth-order valence-corrected chi connectivity index (χ4v) is 3.46. The Bertz CT molecular complexity index is 975. The molecule has 0 aliphatic carbocycles. The number of benzene rings is 2. The average Bonchev–Trinajstić information content (AvgIpc) is 3.06. The first-order valence-corrected chi connectivity index (χ1v) is 11.1. The van der Waals surface area contributed by atoms with Gasteiger partial charge in [-0.3, -0.25) is 0 Å². The molecule has 166 valence electrons. The van der Waals surface area contributed by atoms with Gasteiger partial charge in [0.1, 0.15) is 18.8 Å². The number of hydrogen-bond donors (Lipinski definition) is 0. The van der Waals surface area contributed by atoms with Gasteiger partial charge in [-0.15, -0.1) is 0 Å². The predicted molar refractivity (Wildman–Crippen MR) is 104 cm³/mol. The quantitative estimate of drug-likeness (QED) is 0.424. The molecular formula is C19H15Cl2O9P-2. The van der Waals surface area contributed by atoms with Crippen LogP contribution in [-0.4, -0.2) is 37.0 Å². The van der Waals surface area contributed by atoms with E-state index in [1.54, 1.807) is 0 Å². The Morgan fingerprint density at radius 3 is 2.00 bits per heavy atom. The molecule has 1 aliphatic heterocycles. The topological polar surface area (TPSA) is 134 Å². The molecule has 0 spiro atoms. The minimum atomic E-state index is -5.36. The van der Waals surface area contributed by atoms with Crippen molar-refractivity contribution in [2.45, 2.75) is 24.9 Å². The third-order valence-corrected chi connectivity index (χ3v) is 5.21. The van der Waals surface area contributed by atoms with Crippen molar-refractivity contribution >= 4 is 43.0 Å². The second kappa shape index (κ2) is 10.1. The van der Waals surface area contributed by atoms with Crippen LogP contribution >= 0.6 is 31.0 Å². The Kier molecular flexibility index (Phi) is 7.72. The lowest BCUT2D eigenvalue weighted by Crippen LogP contribution is -2.32. The highest BCUT2D eigenvalue weighted by molar-refractivity contribution is 7.43. The summed E-state index contributed by atoms with van der Waals surface area (Å²) in [5.74, 6) is -1.45. The number of carbonyl (C=O) groups excluding carboxylic acids is 2. The van der Waals surface area contributed by atoms with E-state index in [2.05, 4.69) is 4.52 Å². The van der Waals surface area contributed by atoms with Gasteiger partial charge in [0.25, 0.3) is 0 Å². The number of hydrogen-bond acceptors (Lipinski definition) is 9. The summed E-state index contributed by atoms with van der Waals surface area (Å²) < 4.78 is 31.1. The van der Waals surface area contributed by atoms with E-state index in [-0.39, 0.29) is 24.2 Å². The third kappa shape index (κ3) is 7.02. The van der Waals surface area contributed by atoms with Gasteiger partial charge in [-0.1, -0.05) is 23.2 Å². The smallest absolute Gasteiger partial charge is 0.338 e. The van der Waals surface area contributed by atoms with Crippen molar-refractivity contribution in [3.05, 3.63) is 69.7 Å². The highest BCUT2D eigenvalue weighted by Crippen LogP contribution is 2.35. The summed E-state index contributed by atoms with van der Waals surface area (Å²) in [4.78, 5) is 46.4. The molecule has 0 N–H and O–H groups in total. The summed E-state index contributed by atoms with van der Waals surface area (Å²) in [6.07, 6.45) is -3.85. The van der Waals surface area contributed by atoms with Crippen LogP contribution in [0.25, 0.3) is 0 Å². The Balaban J connectivity index is 1.67. The van der Waals surface area contributed by atoms with Crippen molar-refractivity contribution in [1.82, 2.24) is 0 Å². The molecule has 2 aromatic rings. The molecule has 0 unspecified atom stereocenters. The number of ether oxygens (including phenoxy) is 3. The maximum Gasteiger partial charge on any atom is 0.338 e. The Hall–Kier alpha value is -1.97. The zero-order valence-electron chi connectivity index (χ0n) is 15.6. The van der Waals surface area contributed by atoms with Crippen LogP contribution in [0.4, 0.5) is 0 Å². The van der Waals surface area contributed by atoms with Crippen LogP contribution in [0.2, 0.25) is 10.0 Å². The van der Waals surface area contributed by atoms with Gasteiger partial charge in [0.2, 0.25) is 0 Å². The van der Waals surface area contributed by atoms with E-state index >= 15 is 0 Å². The van der Waals surface area contributed by atoms with Crippen LogP contribution in [0.1, 0.15) is 27.1 Å². The van der Waals surface area contributed by atoms with Crippen LogP contribution in [0, 0.1) is 0 Å². The summed E-state index contributed by atoms with van der Waals surface area (Å²) in [5, 5.41) is 0.854. The maximum atomic E-state index is 12.4. The van der Waals surface area contributed by atoms with Crippen molar-refractivity contribution in [1.29, 1.82) is 0 Å². The summed E-state index contributed by atoms with van der Waals surface area (Å²) in [6.45, 7) is -0.387. The van der Waals surface area contributed by atoms with Crippen molar-refractivity contribution in [3.8, 4) is 0 Å². The highest BCUT2D eigenvalue weighted by Gasteiger charge is 2.40. The predicted octanol–water partition coefficient (Wildman–Crippen LogP) is 2.34. The van der Waals surface area contributed by atoms with E-state index in [0.29, 0.717) is 10.0 Å².